The van der Waals surface area contributed by atoms with Gasteiger partial charge in [0.05, 0.1) is 11.2 Å². The fourth-order valence-corrected chi connectivity index (χ4v) is 4.56. The Labute approximate surface area is 154 Å². The van der Waals surface area contributed by atoms with Crippen molar-refractivity contribution in [3.05, 3.63) is 70.6 Å². The Kier molecular flexibility index (Phi) is 4.98. The molecule has 0 aliphatic carbocycles. The molecule has 2 aromatic heterocycles. The molecule has 0 aliphatic rings. The number of furan rings is 1. The highest BCUT2D eigenvalue weighted by Gasteiger charge is 2.21. The van der Waals surface area contributed by atoms with E-state index >= 15 is 0 Å². The number of hydrogen-bond acceptors (Lipinski definition) is 4. The molecule has 0 atom stereocenters. The maximum atomic E-state index is 12.9. The Morgan fingerprint density at radius 2 is 1.73 bits per heavy atom. The van der Waals surface area contributed by atoms with E-state index in [2.05, 4.69) is 9.71 Å². The third kappa shape index (κ3) is 3.57. The van der Waals surface area contributed by atoms with E-state index in [0.29, 0.717) is 16.3 Å². The number of nitrogens with zero attached hydrogens (tertiary/aromatic N) is 1. The average molecular weight is 370 g/mol. The largest absolute Gasteiger partial charge is 0.463 e. The number of aryl methyl sites for hydroxylation is 2. The monoisotopic (exact) mass is 370 g/mol. The summed E-state index contributed by atoms with van der Waals surface area (Å²) in [6, 6.07) is 9.30. The minimum absolute atomic E-state index is 0.180. The molecule has 2 heterocycles. The van der Waals surface area contributed by atoms with Gasteiger partial charge in [-0.25, -0.2) is 13.1 Å². The van der Waals surface area contributed by atoms with Gasteiger partial charge in [0.25, 0.3) is 0 Å². The van der Waals surface area contributed by atoms with Crippen LogP contribution in [0.1, 0.15) is 27.8 Å². The van der Waals surface area contributed by atoms with Crippen LogP contribution in [0.5, 0.6) is 0 Å². The number of sulfonamides is 1. The van der Waals surface area contributed by atoms with Crippen molar-refractivity contribution in [2.24, 2.45) is 0 Å². The van der Waals surface area contributed by atoms with Crippen molar-refractivity contribution in [2.45, 2.75) is 39.1 Å². The van der Waals surface area contributed by atoms with Gasteiger partial charge in [0.1, 0.15) is 5.69 Å². The second-order valence-electron chi connectivity index (χ2n) is 6.44. The molecule has 6 heteroatoms. The number of aromatic nitrogens is 1. The number of hydrogen-bond donors (Lipinski definition) is 1. The lowest BCUT2D eigenvalue weighted by atomic mass is 10.0. The molecule has 0 amide bonds. The van der Waals surface area contributed by atoms with Crippen LogP contribution in [0.4, 0.5) is 0 Å². The molecule has 0 saturated heterocycles. The van der Waals surface area contributed by atoms with Crippen LogP contribution >= 0.6 is 0 Å². The predicted molar refractivity (Wildman–Crippen MR) is 101 cm³/mol. The normalized spacial score (nSPS) is 11.7. The van der Waals surface area contributed by atoms with E-state index in [9.17, 15) is 8.42 Å². The molecule has 0 fully saturated rings. The molecule has 136 valence electrons. The van der Waals surface area contributed by atoms with Gasteiger partial charge in [-0.15, -0.1) is 0 Å². The Morgan fingerprint density at radius 1 is 1.04 bits per heavy atom. The minimum Gasteiger partial charge on any atom is -0.463 e. The van der Waals surface area contributed by atoms with Crippen molar-refractivity contribution in [3.8, 4) is 11.5 Å². The lowest BCUT2D eigenvalue weighted by molar-refractivity contribution is 0.578. The lowest BCUT2D eigenvalue weighted by Crippen LogP contribution is -2.25. The van der Waals surface area contributed by atoms with Gasteiger partial charge in [-0.1, -0.05) is 12.1 Å². The molecule has 26 heavy (non-hydrogen) atoms. The number of nitrogens with one attached hydrogen (secondary N) is 1. The Balaban J connectivity index is 1.81. The third-order valence-electron chi connectivity index (χ3n) is 4.63. The van der Waals surface area contributed by atoms with E-state index in [4.69, 9.17) is 4.42 Å². The van der Waals surface area contributed by atoms with Crippen molar-refractivity contribution in [2.75, 3.05) is 0 Å². The van der Waals surface area contributed by atoms with Gasteiger partial charge in [0, 0.05) is 12.7 Å². The molecule has 5 nitrogen and oxygen atoms in total. The van der Waals surface area contributed by atoms with Crippen LogP contribution in [0.15, 0.2) is 52.1 Å². The summed E-state index contributed by atoms with van der Waals surface area (Å²) < 4.78 is 33.7. The molecule has 3 rings (SSSR count). The van der Waals surface area contributed by atoms with Crippen LogP contribution in [0.2, 0.25) is 0 Å². The highest BCUT2D eigenvalue weighted by atomic mass is 32.2. The Bertz CT molecular complexity index is 996. The minimum atomic E-state index is -3.61. The van der Waals surface area contributed by atoms with Gasteiger partial charge in [-0.05, 0) is 73.7 Å². The first-order valence-electron chi connectivity index (χ1n) is 8.35. The highest BCUT2D eigenvalue weighted by molar-refractivity contribution is 7.89. The predicted octanol–water partition coefficient (Wildman–Crippen LogP) is 4.05. The van der Waals surface area contributed by atoms with E-state index in [1.807, 2.05) is 52.0 Å². The fourth-order valence-electron chi connectivity index (χ4n) is 2.93. The van der Waals surface area contributed by atoms with Crippen LogP contribution in [0.25, 0.3) is 11.5 Å². The number of pyridine rings is 1. The lowest BCUT2D eigenvalue weighted by Gasteiger charge is -2.16. The van der Waals surface area contributed by atoms with Gasteiger partial charge in [-0.2, -0.15) is 0 Å². The van der Waals surface area contributed by atoms with Gasteiger partial charge in [-0.3, -0.25) is 4.98 Å². The van der Waals surface area contributed by atoms with Crippen molar-refractivity contribution >= 4 is 10.0 Å². The van der Waals surface area contributed by atoms with E-state index in [1.165, 1.54) is 0 Å². The molecule has 3 aromatic rings. The summed E-state index contributed by atoms with van der Waals surface area (Å²) in [6.07, 6.45) is 3.25. The number of benzene rings is 1. The summed E-state index contributed by atoms with van der Waals surface area (Å²) in [4.78, 5) is 4.70. The molecule has 0 radical (unpaired) electrons. The summed E-state index contributed by atoms with van der Waals surface area (Å²) in [5.74, 6) is 0.679. The first-order valence-corrected chi connectivity index (χ1v) is 9.84. The standard InChI is InChI=1S/C20H22N2O3S/c1-13-10-14(2)16(4)20(15(13)3)26(23,24)22-12-17-7-8-18(21-11-17)19-6-5-9-25-19/h5-11,22H,12H2,1-4H3. The topological polar surface area (TPSA) is 72.2 Å². The zero-order valence-corrected chi connectivity index (χ0v) is 16.1. The van der Waals surface area contributed by atoms with Crippen molar-refractivity contribution in [3.63, 3.8) is 0 Å². The maximum absolute atomic E-state index is 12.9. The highest BCUT2D eigenvalue weighted by Crippen LogP contribution is 2.26. The molecular weight excluding hydrogens is 348 g/mol. The SMILES string of the molecule is Cc1cc(C)c(C)c(S(=O)(=O)NCc2ccc(-c3ccco3)nc2)c1C. The zero-order chi connectivity index (χ0) is 18.9. The van der Waals surface area contributed by atoms with Gasteiger partial charge in [0.15, 0.2) is 5.76 Å². The number of rotatable bonds is 5. The van der Waals surface area contributed by atoms with Crippen LogP contribution in [-0.4, -0.2) is 13.4 Å². The van der Waals surface area contributed by atoms with E-state index < -0.39 is 10.0 Å². The van der Waals surface area contributed by atoms with Crippen molar-refractivity contribution in [1.29, 1.82) is 0 Å². The van der Waals surface area contributed by atoms with Gasteiger partial charge >= 0.3 is 0 Å². The van der Waals surface area contributed by atoms with Crippen molar-refractivity contribution in [1.82, 2.24) is 9.71 Å². The van der Waals surface area contributed by atoms with Crippen LogP contribution in [0, 0.1) is 27.7 Å². The summed E-state index contributed by atoms with van der Waals surface area (Å²) in [5, 5.41) is 0. The van der Waals surface area contributed by atoms with E-state index in [0.717, 1.165) is 27.8 Å². The van der Waals surface area contributed by atoms with E-state index in [1.54, 1.807) is 18.5 Å². The summed E-state index contributed by atoms with van der Waals surface area (Å²) in [5.41, 5.74) is 5.00. The average Bonchev–Trinajstić information content (AvgIpc) is 3.13. The molecular formula is C20H22N2O3S. The van der Waals surface area contributed by atoms with Crippen molar-refractivity contribution < 1.29 is 12.8 Å². The quantitative estimate of drug-likeness (QED) is 0.735. The molecule has 0 saturated carbocycles. The molecule has 1 N–H and O–H groups in total. The summed E-state index contributed by atoms with van der Waals surface area (Å²) in [6.45, 7) is 7.72. The van der Waals surface area contributed by atoms with Crippen LogP contribution in [0.3, 0.4) is 0 Å². The fraction of sp³-hybridized carbons (Fsp3) is 0.250. The van der Waals surface area contributed by atoms with Gasteiger partial charge in [0.2, 0.25) is 10.0 Å². The second-order valence-corrected chi connectivity index (χ2v) is 8.15. The molecule has 0 aliphatic heterocycles. The molecule has 0 bridgehead atoms. The first kappa shape index (κ1) is 18.4. The third-order valence-corrected chi connectivity index (χ3v) is 6.30. The summed E-state index contributed by atoms with van der Waals surface area (Å²) in [7, 11) is -3.61. The molecule has 1 aromatic carbocycles. The maximum Gasteiger partial charge on any atom is 0.241 e. The zero-order valence-electron chi connectivity index (χ0n) is 15.3. The molecule has 0 unspecified atom stereocenters. The molecule has 0 spiro atoms. The van der Waals surface area contributed by atoms with Gasteiger partial charge < -0.3 is 4.42 Å². The summed E-state index contributed by atoms with van der Waals surface area (Å²) >= 11 is 0. The van der Waals surface area contributed by atoms with E-state index in [-0.39, 0.29) is 6.54 Å². The Hall–Kier alpha value is -2.44. The smallest absolute Gasteiger partial charge is 0.241 e. The first-order chi connectivity index (χ1) is 12.3. The second kappa shape index (κ2) is 7.05. The van der Waals surface area contributed by atoms with Crippen LogP contribution < -0.4 is 4.72 Å². The van der Waals surface area contributed by atoms with Crippen LogP contribution in [-0.2, 0) is 16.6 Å². The Morgan fingerprint density at radius 3 is 2.27 bits per heavy atom.